The molecule has 0 bridgehead atoms. The molecule has 0 spiro atoms. The third-order valence-electron chi connectivity index (χ3n) is 0.887. The lowest BCUT2D eigenvalue weighted by atomic mass is 10.3. The molecule has 0 atom stereocenters. The molecule has 0 fully saturated rings. The van der Waals surface area contributed by atoms with Crippen LogP contribution in [0.5, 0.6) is 0 Å². The van der Waals surface area contributed by atoms with E-state index in [0.717, 1.165) is 0 Å². The second kappa shape index (κ2) is 3.60. The van der Waals surface area contributed by atoms with Crippen LogP contribution in [-0.4, -0.2) is 16.0 Å². The summed E-state index contributed by atoms with van der Waals surface area (Å²) in [6.45, 7) is 1.53. The zero-order chi connectivity index (χ0) is 8.15. The van der Waals surface area contributed by atoms with Gasteiger partial charge in [-0.15, -0.1) is 0 Å². The van der Waals surface area contributed by atoms with E-state index in [4.69, 9.17) is 5.11 Å². The molecule has 0 aliphatic rings. The van der Waals surface area contributed by atoms with Crippen LogP contribution in [0.2, 0.25) is 0 Å². The van der Waals surface area contributed by atoms with E-state index in [-0.39, 0.29) is 12.1 Å². The van der Waals surface area contributed by atoms with E-state index in [1.807, 2.05) is 0 Å². The molecule has 0 aromatic heterocycles. The second-order valence-electron chi connectivity index (χ2n) is 1.58. The van der Waals surface area contributed by atoms with E-state index in [1.54, 1.807) is 0 Å². The second-order valence-corrected chi connectivity index (χ2v) is 1.58. The maximum Gasteiger partial charge on any atom is 0.334 e. The van der Waals surface area contributed by atoms with Gasteiger partial charge in [-0.25, -0.2) is 4.79 Å². The van der Waals surface area contributed by atoms with Gasteiger partial charge in [-0.3, -0.25) is 10.1 Å². The molecular weight excluding hydrogens is 138 g/mol. The number of carboxylic acid groups (broad SMARTS) is 1. The lowest BCUT2D eigenvalue weighted by Gasteiger charge is -1.88. The summed E-state index contributed by atoms with van der Waals surface area (Å²) in [4.78, 5) is 19.1. The van der Waals surface area contributed by atoms with Crippen LogP contribution in [0.15, 0.2) is 11.8 Å². The van der Waals surface area contributed by atoms with Gasteiger partial charge in [0, 0.05) is 6.42 Å². The van der Waals surface area contributed by atoms with E-state index in [2.05, 4.69) is 0 Å². The Labute approximate surface area is 57.1 Å². The first-order valence-corrected chi connectivity index (χ1v) is 2.65. The lowest BCUT2D eigenvalue weighted by Crippen LogP contribution is -2.00. The van der Waals surface area contributed by atoms with E-state index >= 15 is 0 Å². The molecule has 0 rings (SSSR count). The molecule has 1 N–H and O–H groups in total. The summed E-state index contributed by atoms with van der Waals surface area (Å²) in [5, 5.41) is 18.0. The Morgan fingerprint density at radius 2 is 2.30 bits per heavy atom. The summed E-state index contributed by atoms with van der Waals surface area (Å²) >= 11 is 0. The predicted octanol–water partition coefficient (Wildman–Crippen LogP) is 0.642. The molecule has 0 aromatic rings. The Kier molecular flexibility index (Phi) is 3.10. The molecule has 5 heteroatoms. The Morgan fingerprint density at radius 1 is 1.80 bits per heavy atom. The third-order valence-corrected chi connectivity index (χ3v) is 0.887. The summed E-state index contributed by atoms with van der Waals surface area (Å²) in [6, 6.07) is 0. The molecule has 5 nitrogen and oxygen atoms in total. The smallest absolute Gasteiger partial charge is 0.334 e. The fourth-order valence-electron chi connectivity index (χ4n) is 0.426. The first-order valence-electron chi connectivity index (χ1n) is 2.65. The van der Waals surface area contributed by atoms with Crippen molar-refractivity contribution in [3.63, 3.8) is 0 Å². The van der Waals surface area contributed by atoms with Crippen molar-refractivity contribution < 1.29 is 14.8 Å². The Hall–Kier alpha value is -1.39. The molecule has 10 heavy (non-hydrogen) atoms. The molecule has 0 saturated carbocycles. The highest BCUT2D eigenvalue weighted by atomic mass is 16.6. The molecule has 0 aromatic carbocycles. The van der Waals surface area contributed by atoms with Crippen molar-refractivity contribution in [2.45, 2.75) is 13.3 Å². The van der Waals surface area contributed by atoms with Crippen molar-refractivity contribution in [3.8, 4) is 0 Å². The summed E-state index contributed by atoms with van der Waals surface area (Å²) in [5.74, 6) is -1.28. The molecule has 0 heterocycles. The SMILES string of the molecule is CC/C(=C\C(=O)O)[N+](=O)[O-]. The molecule has 56 valence electrons. The molecule has 0 amide bonds. The third kappa shape index (κ3) is 2.81. The minimum absolute atomic E-state index is 0.124. The first kappa shape index (κ1) is 8.61. The maximum atomic E-state index is 9.94. The Bertz CT molecular complexity index is 184. The topological polar surface area (TPSA) is 80.4 Å². The number of hydrogen-bond acceptors (Lipinski definition) is 3. The number of hydrogen-bond donors (Lipinski definition) is 1. The number of carboxylic acids is 1. The van der Waals surface area contributed by atoms with Crippen LogP contribution in [0.4, 0.5) is 0 Å². The molecule has 0 radical (unpaired) electrons. The number of aliphatic carboxylic acids is 1. The minimum atomic E-state index is -1.28. The largest absolute Gasteiger partial charge is 0.478 e. The van der Waals surface area contributed by atoms with Crippen LogP contribution in [0.25, 0.3) is 0 Å². The van der Waals surface area contributed by atoms with Crippen LogP contribution in [0.3, 0.4) is 0 Å². The van der Waals surface area contributed by atoms with E-state index in [0.29, 0.717) is 6.08 Å². The van der Waals surface area contributed by atoms with Crippen molar-refractivity contribution in [1.29, 1.82) is 0 Å². The van der Waals surface area contributed by atoms with E-state index in [9.17, 15) is 14.9 Å². The van der Waals surface area contributed by atoms with Gasteiger partial charge in [0.25, 0.3) is 5.70 Å². The Morgan fingerprint density at radius 3 is 2.40 bits per heavy atom. The van der Waals surface area contributed by atoms with Crippen LogP contribution >= 0.6 is 0 Å². The molecule has 0 aliphatic heterocycles. The summed E-state index contributed by atoms with van der Waals surface area (Å²) in [5.41, 5.74) is -0.285. The highest BCUT2D eigenvalue weighted by molar-refractivity contribution is 5.80. The number of nitrogens with zero attached hydrogens (tertiary/aromatic N) is 1. The van der Waals surface area contributed by atoms with Gasteiger partial charge in [0.05, 0.1) is 11.0 Å². The van der Waals surface area contributed by atoms with E-state index in [1.165, 1.54) is 6.92 Å². The first-order chi connectivity index (χ1) is 4.57. The van der Waals surface area contributed by atoms with Gasteiger partial charge in [-0.05, 0) is 0 Å². The highest BCUT2D eigenvalue weighted by Crippen LogP contribution is 1.99. The quantitative estimate of drug-likeness (QED) is 0.359. The van der Waals surface area contributed by atoms with Gasteiger partial charge in [0.1, 0.15) is 0 Å². The van der Waals surface area contributed by atoms with Crippen molar-refractivity contribution in [3.05, 3.63) is 21.9 Å². The van der Waals surface area contributed by atoms with Gasteiger partial charge in [-0.2, -0.15) is 0 Å². The van der Waals surface area contributed by atoms with Crippen LogP contribution in [0, 0.1) is 10.1 Å². The maximum absolute atomic E-state index is 9.94. The van der Waals surface area contributed by atoms with Gasteiger partial charge in [0.2, 0.25) is 0 Å². The fourth-order valence-corrected chi connectivity index (χ4v) is 0.426. The normalized spacial score (nSPS) is 11.1. The van der Waals surface area contributed by atoms with Gasteiger partial charge >= 0.3 is 5.97 Å². The highest BCUT2D eigenvalue weighted by Gasteiger charge is 2.08. The van der Waals surface area contributed by atoms with Crippen molar-refractivity contribution in [1.82, 2.24) is 0 Å². The molecular formula is C5H7NO4. The van der Waals surface area contributed by atoms with Crippen LogP contribution < -0.4 is 0 Å². The van der Waals surface area contributed by atoms with Crippen molar-refractivity contribution in [2.24, 2.45) is 0 Å². The minimum Gasteiger partial charge on any atom is -0.478 e. The average Bonchev–Trinajstić information content (AvgIpc) is 1.81. The fraction of sp³-hybridized carbons (Fsp3) is 0.400. The lowest BCUT2D eigenvalue weighted by molar-refractivity contribution is -0.427. The Balaban J connectivity index is 4.34. The molecule has 0 aliphatic carbocycles. The van der Waals surface area contributed by atoms with Crippen LogP contribution in [-0.2, 0) is 4.79 Å². The summed E-state index contributed by atoms with van der Waals surface area (Å²) in [7, 11) is 0. The standard InChI is InChI=1S/C5H7NO4/c1-2-4(6(9)10)3-5(7)8/h3H,2H2,1H3,(H,7,8)/b4-3+. The average molecular weight is 145 g/mol. The van der Waals surface area contributed by atoms with Crippen molar-refractivity contribution in [2.75, 3.05) is 0 Å². The van der Waals surface area contributed by atoms with Crippen molar-refractivity contribution >= 4 is 5.97 Å². The van der Waals surface area contributed by atoms with E-state index < -0.39 is 10.9 Å². The number of rotatable bonds is 3. The predicted molar refractivity (Wildman–Crippen MR) is 33.0 cm³/mol. The number of allylic oxidation sites excluding steroid dienone is 1. The van der Waals surface area contributed by atoms with Gasteiger partial charge in [-0.1, -0.05) is 6.92 Å². The number of carbonyl (C=O) groups is 1. The zero-order valence-corrected chi connectivity index (χ0v) is 5.40. The monoisotopic (exact) mass is 145 g/mol. The molecule has 0 unspecified atom stereocenters. The zero-order valence-electron chi connectivity index (χ0n) is 5.40. The van der Waals surface area contributed by atoms with Gasteiger partial charge < -0.3 is 5.11 Å². The van der Waals surface area contributed by atoms with Crippen LogP contribution in [0.1, 0.15) is 13.3 Å². The summed E-state index contributed by atoms with van der Waals surface area (Å²) in [6.07, 6.45) is 0.722. The molecule has 0 saturated heterocycles. The van der Waals surface area contributed by atoms with Gasteiger partial charge in [0.15, 0.2) is 0 Å². The summed E-state index contributed by atoms with van der Waals surface area (Å²) < 4.78 is 0. The number of nitro groups is 1.